The SMILES string of the molecule is C[C@@H](c1ccccc1)N(Cc1ccccc1)[C@H]1CN(Cc2ccccc2)C(=O)[C@@H]1O. The van der Waals surface area contributed by atoms with Gasteiger partial charge in [-0.25, -0.2) is 0 Å². The molecule has 3 aromatic rings. The summed E-state index contributed by atoms with van der Waals surface area (Å²) in [6.45, 7) is 3.85. The van der Waals surface area contributed by atoms with Gasteiger partial charge in [-0.15, -0.1) is 0 Å². The first kappa shape index (κ1) is 20.3. The van der Waals surface area contributed by atoms with Gasteiger partial charge in [0.2, 0.25) is 0 Å². The van der Waals surface area contributed by atoms with Crippen LogP contribution in [0.15, 0.2) is 91.0 Å². The Morgan fingerprint density at radius 1 is 0.900 bits per heavy atom. The van der Waals surface area contributed by atoms with Crippen LogP contribution in [-0.2, 0) is 17.9 Å². The molecule has 30 heavy (non-hydrogen) atoms. The lowest BCUT2D eigenvalue weighted by Gasteiger charge is -2.35. The van der Waals surface area contributed by atoms with Crippen molar-refractivity contribution >= 4 is 5.91 Å². The molecule has 0 saturated carbocycles. The fourth-order valence-electron chi connectivity index (χ4n) is 4.26. The van der Waals surface area contributed by atoms with Crippen molar-refractivity contribution in [1.82, 2.24) is 9.80 Å². The average Bonchev–Trinajstić information content (AvgIpc) is 3.07. The van der Waals surface area contributed by atoms with Crippen molar-refractivity contribution < 1.29 is 9.90 Å². The predicted molar refractivity (Wildman–Crippen MR) is 118 cm³/mol. The lowest BCUT2D eigenvalue weighted by Crippen LogP contribution is -2.44. The van der Waals surface area contributed by atoms with Crippen molar-refractivity contribution in [3.8, 4) is 0 Å². The van der Waals surface area contributed by atoms with Crippen LogP contribution in [0.2, 0.25) is 0 Å². The highest BCUT2D eigenvalue weighted by Gasteiger charge is 2.43. The van der Waals surface area contributed by atoms with Crippen LogP contribution in [0.4, 0.5) is 0 Å². The van der Waals surface area contributed by atoms with E-state index in [0.29, 0.717) is 19.6 Å². The van der Waals surface area contributed by atoms with E-state index >= 15 is 0 Å². The molecule has 1 N–H and O–H groups in total. The molecular formula is C26H28N2O2. The monoisotopic (exact) mass is 400 g/mol. The van der Waals surface area contributed by atoms with E-state index in [9.17, 15) is 9.90 Å². The average molecular weight is 401 g/mol. The summed E-state index contributed by atoms with van der Waals surface area (Å²) < 4.78 is 0. The molecule has 1 heterocycles. The molecule has 0 unspecified atom stereocenters. The van der Waals surface area contributed by atoms with Crippen molar-refractivity contribution in [1.29, 1.82) is 0 Å². The summed E-state index contributed by atoms with van der Waals surface area (Å²) in [6.07, 6.45) is -1.02. The Hall–Kier alpha value is -2.95. The van der Waals surface area contributed by atoms with Crippen LogP contribution in [0.5, 0.6) is 0 Å². The van der Waals surface area contributed by atoms with E-state index in [-0.39, 0.29) is 18.0 Å². The van der Waals surface area contributed by atoms with E-state index < -0.39 is 6.10 Å². The van der Waals surface area contributed by atoms with E-state index in [2.05, 4.69) is 36.1 Å². The largest absolute Gasteiger partial charge is 0.382 e. The Bertz CT molecular complexity index is 947. The summed E-state index contributed by atoms with van der Waals surface area (Å²) in [5, 5.41) is 10.9. The number of aliphatic hydroxyl groups is 1. The first-order valence-electron chi connectivity index (χ1n) is 10.5. The van der Waals surface area contributed by atoms with E-state index in [0.717, 1.165) is 5.56 Å². The minimum Gasteiger partial charge on any atom is -0.382 e. The molecule has 4 heteroatoms. The fraction of sp³-hybridized carbons (Fsp3) is 0.269. The highest BCUT2D eigenvalue weighted by molar-refractivity contribution is 5.84. The molecule has 4 rings (SSSR count). The number of amides is 1. The number of hydrogen-bond donors (Lipinski definition) is 1. The Morgan fingerprint density at radius 3 is 2.03 bits per heavy atom. The minimum atomic E-state index is -1.02. The molecule has 1 amide bonds. The number of carbonyl (C=O) groups excluding carboxylic acids is 1. The highest BCUT2D eigenvalue weighted by atomic mass is 16.3. The summed E-state index contributed by atoms with van der Waals surface area (Å²) in [4.78, 5) is 16.9. The molecule has 0 radical (unpaired) electrons. The van der Waals surface area contributed by atoms with Gasteiger partial charge in [0, 0.05) is 25.7 Å². The molecule has 3 atom stereocenters. The quantitative estimate of drug-likeness (QED) is 0.651. The van der Waals surface area contributed by atoms with Crippen LogP contribution in [0.1, 0.15) is 29.7 Å². The maximum absolute atomic E-state index is 12.9. The van der Waals surface area contributed by atoms with Gasteiger partial charge in [-0.3, -0.25) is 9.69 Å². The maximum atomic E-state index is 12.9. The molecule has 0 aliphatic carbocycles. The zero-order valence-corrected chi connectivity index (χ0v) is 17.3. The van der Waals surface area contributed by atoms with Crippen LogP contribution < -0.4 is 0 Å². The maximum Gasteiger partial charge on any atom is 0.253 e. The number of nitrogens with zero attached hydrogens (tertiary/aromatic N) is 2. The molecule has 1 aliphatic rings. The Morgan fingerprint density at radius 2 is 1.43 bits per heavy atom. The minimum absolute atomic E-state index is 0.0653. The number of rotatable bonds is 7. The van der Waals surface area contributed by atoms with Crippen molar-refractivity contribution in [2.24, 2.45) is 0 Å². The zero-order valence-electron chi connectivity index (χ0n) is 17.3. The lowest BCUT2D eigenvalue weighted by molar-refractivity contribution is -0.136. The van der Waals surface area contributed by atoms with Gasteiger partial charge in [-0.2, -0.15) is 0 Å². The first-order valence-corrected chi connectivity index (χ1v) is 10.5. The smallest absolute Gasteiger partial charge is 0.253 e. The van der Waals surface area contributed by atoms with Crippen LogP contribution in [0.25, 0.3) is 0 Å². The topological polar surface area (TPSA) is 43.8 Å². The van der Waals surface area contributed by atoms with Crippen LogP contribution in [-0.4, -0.2) is 39.5 Å². The molecule has 0 bridgehead atoms. The van der Waals surface area contributed by atoms with E-state index in [1.54, 1.807) is 4.90 Å². The third-order valence-electron chi connectivity index (χ3n) is 5.97. The van der Waals surface area contributed by atoms with E-state index in [1.807, 2.05) is 66.7 Å². The Labute approximate surface area is 178 Å². The summed E-state index contributed by atoms with van der Waals surface area (Å²) in [6, 6.07) is 30.3. The van der Waals surface area contributed by atoms with Gasteiger partial charge in [-0.1, -0.05) is 91.0 Å². The third kappa shape index (κ3) is 4.45. The van der Waals surface area contributed by atoms with Crippen molar-refractivity contribution in [2.75, 3.05) is 6.54 Å². The zero-order chi connectivity index (χ0) is 20.9. The Kier molecular flexibility index (Phi) is 6.26. The second-order valence-corrected chi connectivity index (χ2v) is 7.96. The van der Waals surface area contributed by atoms with Crippen molar-refractivity contribution in [2.45, 2.75) is 38.2 Å². The van der Waals surface area contributed by atoms with Gasteiger partial charge in [0.15, 0.2) is 0 Å². The normalized spacial score (nSPS) is 20.0. The molecule has 4 nitrogen and oxygen atoms in total. The van der Waals surface area contributed by atoms with Crippen molar-refractivity contribution in [3.05, 3.63) is 108 Å². The molecule has 1 saturated heterocycles. The number of benzene rings is 3. The third-order valence-corrected chi connectivity index (χ3v) is 5.97. The van der Waals surface area contributed by atoms with Crippen LogP contribution in [0.3, 0.4) is 0 Å². The van der Waals surface area contributed by atoms with Gasteiger partial charge >= 0.3 is 0 Å². The number of aliphatic hydroxyl groups excluding tert-OH is 1. The molecule has 1 aliphatic heterocycles. The summed E-state index contributed by atoms with van der Waals surface area (Å²) in [5.74, 6) is -0.192. The Balaban J connectivity index is 1.60. The predicted octanol–water partition coefficient (Wildman–Crippen LogP) is 4.02. The molecular weight excluding hydrogens is 372 g/mol. The first-order chi connectivity index (χ1) is 14.6. The molecule has 3 aromatic carbocycles. The van der Waals surface area contributed by atoms with Crippen LogP contribution in [0, 0.1) is 0 Å². The lowest BCUT2D eigenvalue weighted by atomic mass is 10.0. The van der Waals surface area contributed by atoms with Gasteiger partial charge in [0.1, 0.15) is 6.10 Å². The van der Waals surface area contributed by atoms with E-state index in [4.69, 9.17) is 0 Å². The van der Waals surface area contributed by atoms with Gasteiger partial charge in [0.25, 0.3) is 5.91 Å². The standard InChI is InChI=1S/C26H28N2O2/c1-20(23-15-9-4-10-16-23)28(18-22-13-7-3-8-14-22)24-19-27(26(30)25(24)29)17-21-11-5-2-6-12-21/h2-16,20,24-25,29H,17-19H2,1H3/t20-,24-,25+/m0/s1. The number of hydrogen-bond acceptors (Lipinski definition) is 3. The fourth-order valence-corrected chi connectivity index (χ4v) is 4.26. The van der Waals surface area contributed by atoms with Gasteiger partial charge in [0.05, 0.1) is 6.04 Å². The second-order valence-electron chi connectivity index (χ2n) is 7.96. The summed E-state index contributed by atoms with van der Waals surface area (Å²) in [5.41, 5.74) is 3.42. The van der Waals surface area contributed by atoms with Crippen LogP contribution >= 0.6 is 0 Å². The highest BCUT2D eigenvalue weighted by Crippen LogP contribution is 2.30. The van der Waals surface area contributed by atoms with Crippen molar-refractivity contribution in [3.63, 3.8) is 0 Å². The molecule has 0 spiro atoms. The van der Waals surface area contributed by atoms with Gasteiger partial charge < -0.3 is 10.0 Å². The summed E-state index contributed by atoms with van der Waals surface area (Å²) in [7, 11) is 0. The second kappa shape index (κ2) is 9.24. The number of likely N-dealkylation sites (tertiary alicyclic amines) is 1. The molecule has 154 valence electrons. The van der Waals surface area contributed by atoms with Gasteiger partial charge in [-0.05, 0) is 23.6 Å². The molecule has 1 fully saturated rings. The van der Waals surface area contributed by atoms with E-state index in [1.165, 1.54) is 11.1 Å². The summed E-state index contributed by atoms with van der Waals surface area (Å²) >= 11 is 0. The molecule has 0 aromatic heterocycles. The number of carbonyl (C=O) groups is 1.